The first-order valence-electron chi connectivity index (χ1n) is 11.8. The normalized spacial score (nSPS) is 18.5. The smallest absolute Gasteiger partial charge is 0.162 e. The lowest BCUT2D eigenvalue weighted by molar-refractivity contribution is 0.122. The minimum absolute atomic E-state index is 0.743. The van der Waals surface area contributed by atoms with E-state index >= 15 is 0 Å². The third-order valence-electron chi connectivity index (χ3n) is 6.86. The van der Waals surface area contributed by atoms with Gasteiger partial charge in [0.15, 0.2) is 11.6 Å². The molecule has 4 aromatic rings. The first kappa shape index (κ1) is 21.0. The van der Waals surface area contributed by atoms with Gasteiger partial charge in [-0.05, 0) is 31.7 Å². The van der Waals surface area contributed by atoms with Crippen molar-refractivity contribution >= 4 is 38.3 Å². The van der Waals surface area contributed by atoms with Crippen LogP contribution in [-0.2, 0) is 11.3 Å². The summed E-state index contributed by atoms with van der Waals surface area (Å²) in [5, 5.41) is 1.18. The number of thiophene rings is 1. The second-order valence-corrected chi connectivity index (χ2v) is 10.3. The maximum Gasteiger partial charge on any atom is 0.162 e. The van der Waals surface area contributed by atoms with Gasteiger partial charge in [0.1, 0.15) is 0 Å². The van der Waals surface area contributed by atoms with E-state index in [-0.39, 0.29) is 0 Å². The van der Waals surface area contributed by atoms with E-state index in [9.17, 15) is 0 Å². The average Bonchev–Trinajstić information content (AvgIpc) is 3.48. The molecule has 172 valence electrons. The Bertz CT molecular complexity index is 1280. The van der Waals surface area contributed by atoms with Gasteiger partial charge in [0.25, 0.3) is 0 Å². The summed E-state index contributed by atoms with van der Waals surface area (Å²) in [4.78, 5) is 22.3. The summed E-state index contributed by atoms with van der Waals surface area (Å²) in [6.07, 6.45) is 2.00. The highest BCUT2D eigenvalue weighted by molar-refractivity contribution is 7.19. The Hall–Kier alpha value is -2.52. The van der Waals surface area contributed by atoms with Gasteiger partial charge in [-0.15, -0.1) is 11.3 Å². The number of benzene rings is 1. The highest BCUT2D eigenvalue weighted by Crippen LogP contribution is 2.37. The van der Waals surface area contributed by atoms with Gasteiger partial charge >= 0.3 is 0 Å². The van der Waals surface area contributed by atoms with Crippen molar-refractivity contribution < 1.29 is 4.74 Å². The molecular formula is C25H30N6OS. The van der Waals surface area contributed by atoms with Crippen LogP contribution in [0.1, 0.15) is 10.4 Å². The molecule has 33 heavy (non-hydrogen) atoms. The van der Waals surface area contributed by atoms with Crippen LogP contribution in [0.3, 0.4) is 0 Å². The maximum atomic E-state index is 5.63. The Kier molecular flexibility index (Phi) is 5.54. The van der Waals surface area contributed by atoms with Crippen molar-refractivity contribution in [1.29, 1.82) is 0 Å². The fourth-order valence-electron chi connectivity index (χ4n) is 4.88. The van der Waals surface area contributed by atoms with Crippen LogP contribution in [0.25, 0.3) is 32.5 Å². The van der Waals surface area contributed by atoms with Gasteiger partial charge in [0.2, 0.25) is 0 Å². The maximum absolute atomic E-state index is 5.63. The number of fused-ring (bicyclic) bond motifs is 2. The topological polar surface area (TPSA) is 60.5 Å². The molecule has 2 saturated heterocycles. The molecule has 0 saturated carbocycles. The average molecular weight is 463 g/mol. The number of anilines is 1. The summed E-state index contributed by atoms with van der Waals surface area (Å²) < 4.78 is 6.82. The standard InChI is InChI=1S/C25H30N6OS/c1-17-3-4-20(19-5-6-26-22(17)19)24-27-21-15-18(16-30-9-7-29(2)8-10-30)33-23(21)25(28-24)31-11-13-32-14-12-31/h3-6,15,26H,7-14,16H2,1-2H3. The number of ether oxygens (including phenoxy) is 1. The lowest BCUT2D eigenvalue weighted by Crippen LogP contribution is -2.43. The number of aryl methyl sites for hydroxylation is 1. The van der Waals surface area contributed by atoms with Crippen molar-refractivity contribution in [2.45, 2.75) is 13.5 Å². The fourth-order valence-corrected chi connectivity index (χ4v) is 6.03. The number of hydrogen-bond acceptors (Lipinski definition) is 7. The Balaban J connectivity index is 1.44. The van der Waals surface area contributed by atoms with Crippen LogP contribution in [-0.4, -0.2) is 84.3 Å². The first-order valence-corrected chi connectivity index (χ1v) is 12.6. The molecule has 2 aliphatic rings. The minimum Gasteiger partial charge on any atom is -0.378 e. The zero-order chi connectivity index (χ0) is 22.4. The second kappa shape index (κ2) is 8.68. The third kappa shape index (κ3) is 4.01. The number of piperazine rings is 1. The van der Waals surface area contributed by atoms with E-state index in [1.54, 1.807) is 0 Å². The van der Waals surface area contributed by atoms with Crippen LogP contribution < -0.4 is 4.90 Å². The van der Waals surface area contributed by atoms with E-state index in [4.69, 9.17) is 14.7 Å². The Labute approximate surface area is 198 Å². The first-order chi connectivity index (χ1) is 16.2. The molecule has 8 heteroatoms. The summed E-state index contributed by atoms with van der Waals surface area (Å²) >= 11 is 1.85. The highest BCUT2D eigenvalue weighted by atomic mass is 32.1. The Morgan fingerprint density at radius 2 is 1.85 bits per heavy atom. The number of aromatic amines is 1. The number of nitrogens with one attached hydrogen (secondary N) is 1. The third-order valence-corrected chi connectivity index (χ3v) is 7.97. The van der Waals surface area contributed by atoms with Crippen molar-refractivity contribution in [3.63, 3.8) is 0 Å². The molecule has 0 amide bonds. The van der Waals surface area contributed by atoms with Crippen LogP contribution in [0.15, 0.2) is 30.5 Å². The number of morpholine rings is 1. The predicted octanol–water partition coefficient (Wildman–Crippen LogP) is 3.73. The molecule has 0 spiro atoms. The zero-order valence-corrected chi connectivity index (χ0v) is 20.1. The minimum atomic E-state index is 0.743. The molecule has 0 aliphatic carbocycles. The number of rotatable bonds is 4. The Morgan fingerprint density at radius 3 is 2.67 bits per heavy atom. The SMILES string of the molecule is Cc1ccc(-c2nc(N3CCOCC3)c3sc(CN4CCN(C)CC4)cc3n2)c2cc[nH]c12. The molecule has 0 radical (unpaired) electrons. The lowest BCUT2D eigenvalue weighted by Gasteiger charge is -2.31. The van der Waals surface area contributed by atoms with E-state index in [2.05, 4.69) is 57.9 Å². The number of nitrogens with zero attached hydrogens (tertiary/aromatic N) is 5. The van der Waals surface area contributed by atoms with E-state index < -0.39 is 0 Å². The van der Waals surface area contributed by atoms with Crippen LogP contribution in [0.5, 0.6) is 0 Å². The van der Waals surface area contributed by atoms with Gasteiger partial charge in [0.05, 0.1) is 23.4 Å². The van der Waals surface area contributed by atoms with Crippen LogP contribution in [0.2, 0.25) is 0 Å². The quantitative estimate of drug-likeness (QED) is 0.499. The van der Waals surface area contributed by atoms with E-state index in [1.807, 2.05) is 17.5 Å². The van der Waals surface area contributed by atoms with Gasteiger partial charge < -0.3 is 19.5 Å². The van der Waals surface area contributed by atoms with Crippen molar-refractivity contribution in [2.75, 3.05) is 64.4 Å². The van der Waals surface area contributed by atoms with Gasteiger partial charge in [0, 0.05) is 73.4 Å². The second-order valence-electron chi connectivity index (χ2n) is 9.17. The molecule has 0 bridgehead atoms. The zero-order valence-electron chi connectivity index (χ0n) is 19.3. The molecule has 6 rings (SSSR count). The molecule has 1 N–H and O–H groups in total. The van der Waals surface area contributed by atoms with Crippen molar-refractivity contribution in [2.24, 2.45) is 0 Å². The van der Waals surface area contributed by atoms with Gasteiger partial charge in [-0.2, -0.15) is 0 Å². The summed E-state index contributed by atoms with van der Waals surface area (Å²) in [6.45, 7) is 10.8. The monoisotopic (exact) mass is 462 g/mol. The molecule has 2 aliphatic heterocycles. The van der Waals surface area contributed by atoms with Crippen LogP contribution in [0, 0.1) is 6.92 Å². The molecule has 0 unspecified atom stereocenters. The molecule has 0 atom stereocenters. The number of H-pyrrole nitrogens is 1. The molecule has 2 fully saturated rings. The summed E-state index contributed by atoms with van der Waals surface area (Å²) in [6, 6.07) is 8.73. The van der Waals surface area contributed by atoms with Crippen molar-refractivity contribution in [1.82, 2.24) is 24.8 Å². The van der Waals surface area contributed by atoms with E-state index in [0.717, 1.165) is 87.3 Å². The summed E-state index contributed by atoms with van der Waals surface area (Å²) in [7, 11) is 2.20. The lowest BCUT2D eigenvalue weighted by atomic mass is 10.1. The summed E-state index contributed by atoms with van der Waals surface area (Å²) in [5.41, 5.74) is 4.53. The number of hydrogen-bond donors (Lipinski definition) is 1. The van der Waals surface area contributed by atoms with Gasteiger partial charge in [-0.25, -0.2) is 9.97 Å². The van der Waals surface area contributed by atoms with Crippen molar-refractivity contribution in [3.8, 4) is 11.4 Å². The molecule has 1 aromatic carbocycles. The van der Waals surface area contributed by atoms with Crippen molar-refractivity contribution in [3.05, 3.63) is 40.9 Å². The highest BCUT2D eigenvalue weighted by Gasteiger charge is 2.22. The van der Waals surface area contributed by atoms with Crippen LogP contribution in [0.4, 0.5) is 5.82 Å². The summed E-state index contributed by atoms with van der Waals surface area (Å²) in [5.74, 6) is 1.86. The molecule has 7 nitrogen and oxygen atoms in total. The van der Waals surface area contributed by atoms with E-state index in [1.165, 1.54) is 20.5 Å². The molecular weight excluding hydrogens is 432 g/mol. The molecule has 3 aromatic heterocycles. The molecule has 5 heterocycles. The van der Waals surface area contributed by atoms with Crippen LogP contribution >= 0.6 is 11.3 Å². The fraction of sp³-hybridized carbons (Fsp3) is 0.440. The van der Waals surface area contributed by atoms with Gasteiger partial charge in [-0.1, -0.05) is 12.1 Å². The number of likely N-dealkylation sites (N-methyl/N-ethyl adjacent to an activating group) is 1. The number of aromatic nitrogens is 3. The van der Waals surface area contributed by atoms with Gasteiger partial charge in [-0.3, -0.25) is 4.90 Å². The largest absolute Gasteiger partial charge is 0.378 e. The Morgan fingerprint density at radius 1 is 1.03 bits per heavy atom. The predicted molar refractivity (Wildman–Crippen MR) is 135 cm³/mol. The van der Waals surface area contributed by atoms with E-state index in [0.29, 0.717) is 0 Å².